The molecule has 0 aliphatic rings. The molecule has 0 amide bonds. The van der Waals surface area contributed by atoms with Crippen LogP contribution in [0.15, 0.2) is 24.3 Å². The van der Waals surface area contributed by atoms with Crippen molar-refractivity contribution in [3.63, 3.8) is 0 Å². The van der Waals surface area contributed by atoms with Crippen molar-refractivity contribution < 1.29 is 0 Å². The molecule has 1 aromatic heterocycles. The average Bonchev–Trinajstić information content (AvgIpc) is 2.66. The van der Waals surface area contributed by atoms with Crippen molar-refractivity contribution in [2.45, 2.75) is 26.3 Å². The smallest absolute Gasteiger partial charge is 0.181 e. The van der Waals surface area contributed by atoms with Crippen LogP contribution in [-0.4, -0.2) is 21.2 Å². The Kier molecular flexibility index (Phi) is 3.01. The first-order valence-electron chi connectivity index (χ1n) is 5.39. The van der Waals surface area contributed by atoms with Crippen LogP contribution in [0, 0.1) is 6.92 Å². The Hall–Kier alpha value is -1.68. The van der Waals surface area contributed by atoms with Crippen LogP contribution >= 0.6 is 0 Å². The Morgan fingerprint density at radius 1 is 1.38 bits per heavy atom. The molecule has 0 fully saturated rings. The number of H-pyrrole nitrogens is 1. The first-order valence-corrected chi connectivity index (χ1v) is 5.39. The Morgan fingerprint density at radius 3 is 2.81 bits per heavy atom. The van der Waals surface area contributed by atoms with Crippen molar-refractivity contribution in [2.24, 2.45) is 5.73 Å². The summed E-state index contributed by atoms with van der Waals surface area (Å²) in [5.74, 6) is 1.59. The third kappa shape index (κ3) is 2.28. The highest BCUT2D eigenvalue weighted by Crippen LogP contribution is 2.18. The largest absolute Gasteiger partial charge is 0.328 e. The van der Waals surface area contributed by atoms with Gasteiger partial charge in [-0.15, -0.1) is 0 Å². The molecular formula is C12H16N4. The fraction of sp³-hybridized carbons (Fsp3) is 0.333. The lowest BCUT2D eigenvalue weighted by molar-refractivity contribution is 0.705. The first kappa shape index (κ1) is 10.8. The molecule has 3 N–H and O–H groups in total. The lowest BCUT2D eigenvalue weighted by atomic mass is 10.1. The predicted molar refractivity (Wildman–Crippen MR) is 63.9 cm³/mol. The van der Waals surface area contributed by atoms with Gasteiger partial charge in [-0.05, 0) is 19.4 Å². The van der Waals surface area contributed by atoms with Gasteiger partial charge in [-0.25, -0.2) is 4.98 Å². The third-order valence-electron chi connectivity index (χ3n) is 2.43. The van der Waals surface area contributed by atoms with Crippen molar-refractivity contribution in [3.8, 4) is 11.4 Å². The van der Waals surface area contributed by atoms with Gasteiger partial charge in [-0.3, -0.25) is 5.10 Å². The highest BCUT2D eigenvalue weighted by atomic mass is 15.2. The number of nitrogens with zero attached hydrogens (tertiary/aromatic N) is 2. The molecule has 4 heteroatoms. The molecule has 0 bridgehead atoms. The van der Waals surface area contributed by atoms with Crippen molar-refractivity contribution in [1.29, 1.82) is 0 Å². The van der Waals surface area contributed by atoms with Gasteiger partial charge in [-0.1, -0.05) is 24.3 Å². The molecule has 0 aliphatic carbocycles. The summed E-state index contributed by atoms with van der Waals surface area (Å²) in [6.45, 7) is 4.01. The quantitative estimate of drug-likeness (QED) is 0.820. The van der Waals surface area contributed by atoms with E-state index in [0.717, 1.165) is 23.6 Å². The van der Waals surface area contributed by atoms with E-state index in [4.69, 9.17) is 5.73 Å². The summed E-state index contributed by atoms with van der Waals surface area (Å²) in [5, 5.41) is 7.13. The fourth-order valence-corrected chi connectivity index (χ4v) is 1.64. The van der Waals surface area contributed by atoms with Gasteiger partial charge < -0.3 is 5.73 Å². The Balaban J connectivity index is 2.28. The minimum Gasteiger partial charge on any atom is -0.328 e. The van der Waals surface area contributed by atoms with Crippen molar-refractivity contribution >= 4 is 0 Å². The third-order valence-corrected chi connectivity index (χ3v) is 2.43. The molecular weight excluding hydrogens is 200 g/mol. The molecule has 2 rings (SSSR count). The predicted octanol–water partition coefficient (Wildman–Crippen LogP) is 1.67. The fourth-order valence-electron chi connectivity index (χ4n) is 1.64. The summed E-state index contributed by atoms with van der Waals surface area (Å²) >= 11 is 0. The number of rotatable bonds is 3. The Labute approximate surface area is 94.9 Å². The highest BCUT2D eigenvalue weighted by Gasteiger charge is 2.08. The van der Waals surface area contributed by atoms with Gasteiger partial charge in [-0.2, -0.15) is 5.10 Å². The summed E-state index contributed by atoms with van der Waals surface area (Å²) < 4.78 is 0. The molecule has 2 aromatic rings. The van der Waals surface area contributed by atoms with Crippen LogP contribution in [0.5, 0.6) is 0 Å². The number of nitrogens with two attached hydrogens (primary N) is 1. The van der Waals surface area contributed by atoms with Gasteiger partial charge in [0.2, 0.25) is 0 Å². The molecule has 16 heavy (non-hydrogen) atoms. The summed E-state index contributed by atoms with van der Waals surface area (Å²) in [6, 6.07) is 8.17. The Morgan fingerprint density at radius 2 is 2.12 bits per heavy atom. The van der Waals surface area contributed by atoms with E-state index in [1.54, 1.807) is 0 Å². The number of aromatic amines is 1. The van der Waals surface area contributed by atoms with Crippen molar-refractivity contribution in [2.75, 3.05) is 0 Å². The normalized spacial score (nSPS) is 12.7. The topological polar surface area (TPSA) is 67.6 Å². The second kappa shape index (κ2) is 4.45. The lowest BCUT2D eigenvalue weighted by Gasteiger charge is -2.00. The number of aromatic nitrogens is 3. The molecule has 0 spiro atoms. The minimum atomic E-state index is 0.0951. The van der Waals surface area contributed by atoms with Crippen LogP contribution in [0.25, 0.3) is 11.4 Å². The average molecular weight is 216 g/mol. The van der Waals surface area contributed by atoms with Crippen LogP contribution in [0.4, 0.5) is 0 Å². The SMILES string of the molecule is Cc1ccccc1-c1n[nH]c(CC(C)N)n1. The van der Waals surface area contributed by atoms with E-state index in [2.05, 4.69) is 28.2 Å². The van der Waals surface area contributed by atoms with Crippen LogP contribution < -0.4 is 5.73 Å². The van der Waals surface area contributed by atoms with Crippen molar-refractivity contribution in [1.82, 2.24) is 15.2 Å². The number of nitrogens with one attached hydrogen (secondary N) is 1. The van der Waals surface area contributed by atoms with Crippen LogP contribution in [0.1, 0.15) is 18.3 Å². The molecule has 4 nitrogen and oxygen atoms in total. The van der Waals surface area contributed by atoms with Gasteiger partial charge in [0, 0.05) is 18.0 Å². The van der Waals surface area contributed by atoms with Crippen LogP contribution in [0.3, 0.4) is 0 Å². The standard InChI is InChI=1S/C12H16N4/c1-8-5-3-4-6-10(8)12-14-11(15-16-12)7-9(2)13/h3-6,9H,7,13H2,1-2H3,(H,14,15,16). The van der Waals surface area contributed by atoms with E-state index >= 15 is 0 Å². The second-order valence-electron chi connectivity index (χ2n) is 4.10. The molecule has 84 valence electrons. The molecule has 1 unspecified atom stereocenters. The van der Waals surface area contributed by atoms with E-state index < -0.39 is 0 Å². The van der Waals surface area contributed by atoms with E-state index in [-0.39, 0.29) is 6.04 Å². The highest BCUT2D eigenvalue weighted by molar-refractivity contribution is 5.59. The molecule has 1 aromatic carbocycles. The van der Waals surface area contributed by atoms with E-state index in [1.165, 1.54) is 5.56 Å². The zero-order chi connectivity index (χ0) is 11.5. The Bertz CT molecular complexity index is 473. The molecule has 1 atom stereocenters. The molecule has 0 saturated carbocycles. The van der Waals surface area contributed by atoms with Gasteiger partial charge in [0.05, 0.1) is 0 Å². The zero-order valence-electron chi connectivity index (χ0n) is 9.57. The van der Waals surface area contributed by atoms with Crippen molar-refractivity contribution in [3.05, 3.63) is 35.7 Å². The van der Waals surface area contributed by atoms with Crippen LogP contribution in [0.2, 0.25) is 0 Å². The van der Waals surface area contributed by atoms with Gasteiger partial charge in [0.25, 0.3) is 0 Å². The minimum absolute atomic E-state index is 0.0951. The summed E-state index contributed by atoms with van der Waals surface area (Å²) in [4.78, 5) is 4.43. The van der Waals surface area contributed by atoms with E-state index in [1.807, 2.05) is 25.1 Å². The summed E-state index contributed by atoms with van der Waals surface area (Å²) in [6.07, 6.45) is 0.721. The number of hydrogen-bond acceptors (Lipinski definition) is 3. The van der Waals surface area contributed by atoms with Gasteiger partial charge in [0.1, 0.15) is 5.82 Å². The monoisotopic (exact) mass is 216 g/mol. The van der Waals surface area contributed by atoms with E-state index in [0.29, 0.717) is 0 Å². The maximum absolute atomic E-state index is 5.71. The number of benzene rings is 1. The number of aryl methyl sites for hydroxylation is 1. The summed E-state index contributed by atoms with van der Waals surface area (Å²) in [7, 11) is 0. The number of hydrogen-bond donors (Lipinski definition) is 2. The first-order chi connectivity index (χ1) is 7.66. The maximum atomic E-state index is 5.71. The summed E-state index contributed by atoms with van der Waals surface area (Å²) in [5.41, 5.74) is 7.95. The lowest BCUT2D eigenvalue weighted by Crippen LogP contribution is -2.18. The van der Waals surface area contributed by atoms with E-state index in [9.17, 15) is 0 Å². The van der Waals surface area contributed by atoms with Gasteiger partial charge >= 0.3 is 0 Å². The second-order valence-corrected chi connectivity index (χ2v) is 4.10. The van der Waals surface area contributed by atoms with Gasteiger partial charge in [0.15, 0.2) is 5.82 Å². The molecule has 0 aliphatic heterocycles. The van der Waals surface area contributed by atoms with Crippen LogP contribution in [-0.2, 0) is 6.42 Å². The zero-order valence-corrected chi connectivity index (χ0v) is 9.57. The molecule has 0 radical (unpaired) electrons. The molecule has 0 saturated heterocycles. The molecule has 1 heterocycles. The maximum Gasteiger partial charge on any atom is 0.181 e.